The van der Waals surface area contributed by atoms with E-state index >= 15 is 0 Å². The van der Waals surface area contributed by atoms with Crippen LogP contribution in [0.15, 0.2) is 23.1 Å². The second-order valence-corrected chi connectivity index (χ2v) is 8.18. The van der Waals surface area contributed by atoms with Gasteiger partial charge in [-0.3, -0.25) is 4.79 Å². The molecule has 26 heavy (non-hydrogen) atoms. The zero-order valence-corrected chi connectivity index (χ0v) is 15.8. The molecule has 0 aliphatic carbocycles. The first kappa shape index (κ1) is 20.2. The quantitative estimate of drug-likeness (QED) is 0.705. The molecule has 2 rings (SSSR count). The molecule has 1 aromatic carbocycles. The molecule has 0 bridgehead atoms. The van der Waals surface area contributed by atoms with E-state index in [0.717, 1.165) is 12.8 Å². The highest BCUT2D eigenvalue weighted by Crippen LogP contribution is 2.28. The highest BCUT2D eigenvalue weighted by Gasteiger charge is 2.30. The number of carbonyl (C=O) groups is 1. The van der Waals surface area contributed by atoms with E-state index in [9.17, 15) is 13.2 Å². The molecule has 1 aliphatic heterocycles. The lowest BCUT2D eigenvalue weighted by molar-refractivity contribution is 0.0762. The molecule has 0 saturated carbocycles. The van der Waals surface area contributed by atoms with Crippen LogP contribution in [0, 0.1) is 22.7 Å². The van der Waals surface area contributed by atoms with Crippen LogP contribution in [0.4, 0.5) is 0 Å². The Bertz CT molecular complexity index is 834. The lowest BCUT2D eigenvalue weighted by Crippen LogP contribution is -2.33. The first-order chi connectivity index (χ1) is 12.4. The number of sulfonamides is 1. The summed E-state index contributed by atoms with van der Waals surface area (Å²) in [6.07, 6.45) is 1.85. The van der Waals surface area contributed by atoms with Crippen molar-refractivity contribution in [3.8, 4) is 12.1 Å². The third-order valence-corrected chi connectivity index (χ3v) is 6.52. The Balaban J connectivity index is 2.33. The molecule has 0 radical (unpaired) electrons. The van der Waals surface area contributed by atoms with E-state index in [1.807, 2.05) is 12.1 Å². The van der Waals surface area contributed by atoms with E-state index in [4.69, 9.17) is 22.1 Å². The zero-order valence-electron chi connectivity index (χ0n) is 14.2. The van der Waals surface area contributed by atoms with Crippen molar-refractivity contribution in [1.82, 2.24) is 9.21 Å². The minimum Gasteiger partial charge on any atom is -0.337 e. The molecule has 0 atom stereocenters. The van der Waals surface area contributed by atoms with Gasteiger partial charge in [-0.1, -0.05) is 11.6 Å². The minimum atomic E-state index is -3.76. The van der Waals surface area contributed by atoms with Gasteiger partial charge in [0.25, 0.3) is 5.91 Å². The molecule has 7 nitrogen and oxygen atoms in total. The monoisotopic (exact) mass is 394 g/mol. The number of rotatable bonds is 7. The summed E-state index contributed by atoms with van der Waals surface area (Å²) in [5, 5.41) is 17.6. The molecule has 1 saturated heterocycles. The Labute approximate surface area is 158 Å². The minimum absolute atomic E-state index is 0.0639. The van der Waals surface area contributed by atoms with Crippen LogP contribution >= 0.6 is 11.6 Å². The zero-order chi connectivity index (χ0) is 19.2. The van der Waals surface area contributed by atoms with Crippen molar-refractivity contribution in [2.24, 2.45) is 0 Å². The lowest BCUT2D eigenvalue weighted by Gasteiger charge is -2.21. The molecular weight excluding hydrogens is 376 g/mol. The van der Waals surface area contributed by atoms with Crippen LogP contribution in [0.3, 0.4) is 0 Å². The van der Waals surface area contributed by atoms with Crippen LogP contribution < -0.4 is 0 Å². The first-order valence-corrected chi connectivity index (χ1v) is 10.1. The standard InChI is InChI=1S/C17H19ClN4O3S/c18-15-6-5-14(17(23)21(9-3-7-19)10-4-8-20)13-16(15)26(24,25)22-11-1-2-12-22/h5-6,13H,1-4,9-12H2. The van der Waals surface area contributed by atoms with Crippen molar-refractivity contribution in [2.75, 3.05) is 26.2 Å². The van der Waals surface area contributed by atoms with Crippen molar-refractivity contribution in [3.63, 3.8) is 0 Å². The van der Waals surface area contributed by atoms with Gasteiger partial charge in [-0.15, -0.1) is 0 Å². The molecule has 1 aromatic rings. The molecule has 1 amide bonds. The number of benzene rings is 1. The molecule has 0 N–H and O–H groups in total. The Hall–Kier alpha value is -2.13. The third kappa shape index (κ3) is 4.53. The predicted molar refractivity (Wildman–Crippen MR) is 95.8 cm³/mol. The van der Waals surface area contributed by atoms with Gasteiger partial charge in [0.2, 0.25) is 10.0 Å². The van der Waals surface area contributed by atoms with E-state index in [1.54, 1.807) is 0 Å². The summed E-state index contributed by atoms with van der Waals surface area (Å²) < 4.78 is 26.9. The van der Waals surface area contributed by atoms with Gasteiger partial charge in [-0.05, 0) is 31.0 Å². The van der Waals surface area contributed by atoms with Crippen molar-refractivity contribution < 1.29 is 13.2 Å². The molecule has 1 heterocycles. The number of nitrogens with zero attached hydrogens (tertiary/aromatic N) is 4. The number of nitriles is 2. The smallest absolute Gasteiger partial charge is 0.253 e. The number of carbonyl (C=O) groups excluding carboxylic acids is 1. The molecule has 0 unspecified atom stereocenters. The van der Waals surface area contributed by atoms with Crippen LogP contribution in [0.2, 0.25) is 5.02 Å². The van der Waals surface area contributed by atoms with Gasteiger partial charge in [0.05, 0.1) is 30.0 Å². The summed E-state index contributed by atoms with van der Waals surface area (Å²) in [7, 11) is -3.76. The number of halogens is 1. The fourth-order valence-electron chi connectivity index (χ4n) is 2.77. The van der Waals surface area contributed by atoms with Crippen LogP contribution in [0.1, 0.15) is 36.0 Å². The molecule has 9 heteroatoms. The summed E-state index contributed by atoms with van der Waals surface area (Å²) in [5.41, 5.74) is 0.169. The molecular formula is C17H19ClN4O3S. The Morgan fingerprint density at radius 2 is 1.73 bits per heavy atom. The Morgan fingerprint density at radius 1 is 1.15 bits per heavy atom. The van der Waals surface area contributed by atoms with E-state index in [-0.39, 0.29) is 41.4 Å². The second-order valence-electron chi connectivity index (χ2n) is 5.86. The van der Waals surface area contributed by atoms with Gasteiger partial charge in [0, 0.05) is 31.7 Å². The van der Waals surface area contributed by atoms with E-state index < -0.39 is 15.9 Å². The van der Waals surface area contributed by atoms with Gasteiger partial charge in [-0.25, -0.2) is 8.42 Å². The maximum atomic E-state index is 12.8. The fraction of sp³-hybridized carbons (Fsp3) is 0.471. The largest absolute Gasteiger partial charge is 0.337 e. The van der Waals surface area contributed by atoms with Gasteiger partial charge in [0.15, 0.2) is 0 Å². The van der Waals surface area contributed by atoms with Gasteiger partial charge < -0.3 is 4.90 Å². The van der Waals surface area contributed by atoms with Crippen LogP contribution in [0.5, 0.6) is 0 Å². The fourth-order valence-corrected chi connectivity index (χ4v) is 4.79. The topological polar surface area (TPSA) is 105 Å². The molecule has 0 aromatic heterocycles. The summed E-state index contributed by atoms with van der Waals surface area (Å²) in [6, 6.07) is 8.06. The lowest BCUT2D eigenvalue weighted by atomic mass is 10.2. The third-order valence-electron chi connectivity index (χ3n) is 4.14. The SMILES string of the molecule is N#CCCN(CCC#N)C(=O)c1ccc(Cl)c(S(=O)(=O)N2CCCC2)c1. The second kappa shape index (κ2) is 9.00. The summed E-state index contributed by atoms with van der Waals surface area (Å²) >= 11 is 6.09. The van der Waals surface area contributed by atoms with Gasteiger partial charge in [-0.2, -0.15) is 14.8 Å². The first-order valence-electron chi connectivity index (χ1n) is 8.24. The molecule has 138 valence electrons. The van der Waals surface area contributed by atoms with Gasteiger partial charge >= 0.3 is 0 Å². The van der Waals surface area contributed by atoms with E-state index in [2.05, 4.69) is 0 Å². The van der Waals surface area contributed by atoms with Crippen LogP contribution in [-0.4, -0.2) is 49.7 Å². The van der Waals surface area contributed by atoms with Crippen molar-refractivity contribution >= 4 is 27.5 Å². The summed E-state index contributed by atoms with van der Waals surface area (Å²) in [5.74, 6) is -0.426. The highest BCUT2D eigenvalue weighted by atomic mass is 35.5. The highest BCUT2D eigenvalue weighted by molar-refractivity contribution is 7.89. The van der Waals surface area contributed by atoms with E-state index in [0.29, 0.717) is 13.1 Å². The van der Waals surface area contributed by atoms with Crippen LogP contribution in [0.25, 0.3) is 0 Å². The van der Waals surface area contributed by atoms with E-state index in [1.165, 1.54) is 27.4 Å². The maximum Gasteiger partial charge on any atom is 0.253 e. The van der Waals surface area contributed by atoms with Crippen molar-refractivity contribution in [2.45, 2.75) is 30.6 Å². The molecule has 1 fully saturated rings. The molecule has 0 spiro atoms. The summed E-state index contributed by atoms with van der Waals surface area (Å²) in [4.78, 5) is 14.0. The average molecular weight is 395 g/mol. The van der Waals surface area contributed by atoms with Crippen molar-refractivity contribution in [1.29, 1.82) is 10.5 Å². The van der Waals surface area contributed by atoms with Gasteiger partial charge in [0.1, 0.15) is 4.90 Å². The number of hydrogen-bond acceptors (Lipinski definition) is 5. The number of hydrogen-bond donors (Lipinski definition) is 0. The Morgan fingerprint density at radius 3 is 2.27 bits per heavy atom. The predicted octanol–water partition coefficient (Wildman–Crippen LogP) is 2.39. The molecule has 1 aliphatic rings. The Kier molecular flexibility index (Phi) is 6.98. The number of amides is 1. The average Bonchev–Trinajstić information content (AvgIpc) is 3.17. The maximum absolute atomic E-state index is 12.8. The van der Waals surface area contributed by atoms with Crippen LogP contribution in [-0.2, 0) is 10.0 Å². The normalized spacial score (nSPS) is 14.6. The summed E-state index contributed by atoms with van der Waals surface area (Å²) in [6.45, 7) is 1.22. The van der Waals surface area contributed by atoms with Crippen molar-refractivity contribution in [3.05, 3.63) is 28.8 Å².